The van der Waals surface area contributed by atoms with Crippen LogP contribution in [-0.2, 0) is 24.4 Å². The molecule has 0 spiro atoms. The molecule has 4 rings (SSSR count). The largest absolute Gasteiger partial charge is 0.481 e. The van der Waals surface area contributed by atoms with Crippen LogP contribution in [0.15, 0.2) is 91.0 Å². The van der Waals surface area contributed by atoms with Gasteiger partial charge in [0.15, 0.2) is 0 Å². The molecule has 0 atom stereocenters. The van der Waals surface area contributed by atoms with E-state index in [1.54, 1.807) is 0 Å². The summed E-state index contributed by atoms with van der Waals surface area (Å²) in [5.41, 5.74) is 5.57. The summed E-state index contributed by atoms with van der Waals surface area (Å²) in [5, 5.41) is 9.09. The molecule has 1 aromatic heterocycles. The van der Waals surface area contributed by atoms with Gasteiger partial charge in [-0.15, -0.1) is 0 Å². The fourth-order valence-electron chi connectivity index (χ4n) is 3.59. The summed E-state index contributed by atoms with van der Waals surface area (Å²) < 4.78 is 12.0. The van der Waals surface area contributed by atoms with Crippen molar-refractivity contribution >= 4 is 5.97 Å². The van der Waals surface area contributed by atoms with Crippen LogP contribution in [0.4, 0.5) is 0 Å². The zero-order valence-electron chi connectivity index (χ0n) is 18.4. The number of pyridine rings is 1. The highest BCUT2D eigenvalue weighted by Gasteiger charge is 2.14. The SMILES string of the molecule is Cc1cc(CC(=O)O)ccc1-c1ccc(OCc2ccccc2)nc1OCc1ccccc1. The number of aliphatic carboxylic acids is 1. The van der Waals surface area contributed by atoms with Crippen LogP contribution in [0.2, 0.25) is 0 Å². The van der Waals surface area contributed by atoms with Crippen molar-refractivity contribution in [2.75, 3.05) is 0 Å². The minimum Gasteiger partial charge on any atom is -0.481 e. The summed E-state index contributed by atoms with van der Waals surface area (Å²) in [4.78, 5) is 15.7. The van der Waals surface area contributed by atoms with E-state index in [0.29, 0.717) is 25.0 Å². The molecule has 5 heteroatoms. The molecule has 1 heterocycles. The van der Waals surface area contributed by atoms with Crippen LogP contribution in [0.25, 0.3) is 11.1 Å². The number of aromatic nitrogens is 1. The number of carboxylic acid groups (broad SMARTS) is 1. The molecule has 0 unspecified atom stereocenters. The van der Waals surface area contributed by atoms with Gasteiger partial charge in [-0.05, 0) is 40.8 Å². The van der Waals surface area contributed by atoms with Crippen LogP contribution in [0.5, 0.6) is 11.8 Å². The van der Waals surface area contributed by atoms with Crippen LogP contribution in [0.1, 0.15) is 22.3 Å². The van der Waals surface area contributed by atoms with Gasteiger partial charge in [0.2, 0.25) is 11.8 Å². The Kier molecular flexibility index (Phi) is 7.00. The minimum absolute atomic E-state index is 0.0109. The van der Waals surface area contributed by atoms with E-state index in [2.05, 4.69) is 4.98 Å². The quantitative estimate of drug-likeness (QED) is 0.355. The average Bonchev–Trinajstić information content (AvgIpc) is 2.83. The Morgan fingerprint density at radius 2 is 1.36 bits per heavy atom. The predicted molar refractivity (Wildman–Crippen MR) is 127 cm³/mol. The highest BCUT2D eigenvalue weighted by molar-refractivity contribution is 5.74. The van der Waals surface area contributed by atoms with Gasteiger partial charge in [0.1, 0.15) is 13.2 Å². The van der Waals surface area contributed by atoms with E-state index in [-0.39, 0.29) is 6.42 Å². The molecule has 0 radical (unpaired) electrons. The zero-order chi connectivity index (χ0) is 23.0. The third kappa shape index (κ3) is 5.98. The smallest absolute Gasteiger partial charge is 0.307 e. The van der Waals surface area contributed by atoms with E-state index in [9.17, 15) is 4.79 Å². The molecule has 5 nitrogen and oxygen atoms in total. The third-order valence-electron chi connectivity index (χ3n) is 5.22. The van der Waals surface area contributed by atoms with Crippen LogP contribution in [0, 0.1) is 6.92 Å². The first-order valence-corrected chi connectivity index (χ1v) is 10.7. The molecule has 33 heavy (non-hydrogen) atoms. The Hall–Kier alpha value is -4.12. The maximum atomic E-state index is 11.1. The molecule has 0 aliphatic rings. The van der Waals surface area contributed by atoms with Gasteiger partial charge in [0.05, 0.1) is 6.42 Å². The Morgan fingerprint density at radius 1 is 0.758 bits per heavy atom. The lowest BCUT2D eigenvalue weighted by Crippen LogP contribution is -2.03. The van der Waals surface area contributed by atoms with Crippen LogP contribution in [-0.4, -0.2) is 16.1 Å². The molecular weight excluding hydrogens is 414 g/mol. The summed E-state index contributed by atoms with van der Waals surface area (Å²) in [6.45, 7) is 2.74. The Bertz CT molecular complexity index is 1220. The predicted octanol–water partition coefficient (Wildman–Crippen LogP) is 5.84. The topological polar surface area (TPSA) is 68.7 Å². The Morgan fingerprint density at radius 3 is 1.97 bits per heavy atom. The number of hydrogen-bond donors (Lipinski definition) is 1. The second-order valence-corrected chi connectivity index (χ2v) is 7.77. The number of carbonyl (C=O) groups is 1. The molecule has 1 N–H and O–H groups in total. The third-order valence-corrected chi connectivity index (χ3v) is 5.22. The molecule has 4 aromatic rings. The van der Waals surface area contributed by atoms with Gasteiger partial charge in [-0.1, -0.05) is 78.9 Å². The number of nitrogens with zero attached hydrogens (tertiary/aromatic N) is 1. The second kappa shape index (κ2) is 10.5. The number of aryl methyl sites for hydroxylation is 1. The van der Waals surface area contributed by atoms with Crippen LogP contribution < -0.4 is 9.47 Å². The summed E-state index contributed by atoms with van der Waals surface area (Å²) in [6, 6.07) is 29.2. The number of benzene rings is 3. The van der Waals surface area contributed by atoms with E-state index in [1.165, 1.54) is 0 Å². The summed E-state index contributed by atoms with van der Waals surface area (Å²) in [7, 11) is 0. The zero-order valence-corrected chi connectivity index (χ0v) is 18.4. The lowest BCUT2D eigenvalue weighted by molar-refractivity contribution is -0.136. The molecular formula is C28H25NO4. The lowest BCUT2D eigenvalue weighted by atomic mass is 9.98. The van der Waals surface area contributed by atoms with Gasteiger partial charge < -0.3 is 14.6 Å². The van der Waals surface area contributed by atoms with Crippen molar-refractivity contribution in [3.63, 3.8) is 0 Å². The van der Waals surface area contributed by atoms with E-state index in [1.807, 2.05) is 97.9 Å². The molecule has 0 aliphatic heterocycles. The van der Waals surface area contributed by atoms with Gasteiger partial charge in [0, 0.05) is 11.6 Å². The van der Waals surface area contributed by atoms with Crippen molar-refractivity contribution in [3.8, 4) is 22.9 Å². The fraction of sp³-hybridized carbons (Fsp3) is 0.143. The highest BCUT2D eigenvalue weighted by Crippen LogP contribution is 2.34. The number of hydrogen-bond acceptors (Lipinski definition) is 4. The summed E-state index contributed by atoms with van der Waals surface area (Å²) >= 11 is 0. The van der Waals surface area contributed by atoms with E-state index < -0.39 is 5.97 Å². The van der Waals surface area contributed by atoms with Crippen molar-refractivity contribution in [2.24, 2.45) is 0 Å². The standard InChI is InChI=1S/C28H25NO4/c1-20-16-23(17-27(30)31)12-13-24(20)25-14-15-26(32-18-21-8-4-2-5-9-21)29-28(25)33-19-22-10-6-3-7-11-22/h2-16H,17-19H2,1H3,(H,30,31). The fourth-order valence-corrected chi connectivity index (χ4v) is 3.59. The van der Waals surface area contributed by atoms with E-state index in [0.717, 1.165) is 33.4 Å². The molecule has 0 amide bonds. The maximum absolute atomic E-state index is 11.1. The first-order valence-electron chi connectivity index (χ1n) is 10.7. The molecule has 3 aromatic carbocycles. The van der Waals surface area contributed by atoms with Gasteiger partial charge in [-0.3, -0.25) is 4.79 Å². The van der Waals surface area contributed by atoms with Gasteiger partial charge in [-0.2, -0.15) is 4.98 Å². The molecule has 0 saturated carbocycles. The van der Waals surface area contributed by atoms with Crippen LogP contribution in [0.3, 0.4) is 0 Å². The molecule has 166 valence electrons. The van der Waals surface area contributed by atoms with Crippen LogP contribution >= 0.6 is 0 Å². The monoisotopic (exact) mass is 439 g/mol. The molecule has 0 bridgehead atoms. The van der Waals surface area contributed by atoms with Crippen molar-refractivity contribution in [3.05, 3.63) is 113 Å². The van der Waals surface area contributed by atoms with Crippen molar-refractivity contribution in [1.82, 2.24) is 4.98 Å². The number of carboxylic acids is 1. The van der Waals surface area contributed by atoms with Crippen molar-refractivity contribution in [2.45, 2.75) is 26.6 Å². The van der Waals surface area contributed by atoms with Gasteiger partial charge in [-0.25, -0.2) is 0 Å². The van der Waals surface area contributed by atoms with Gasteiger partial charge >= 0.3 is 5.97 Å². The van der Waals surface area contributed by atoms with Crippen molar-refractivity contribution in [1.29, 1.82) is 0 Å². The van der Waals surface area contributed by atoms with E-state index >= 15 is 0 Å². The van der Waals surface area contributed by atoms with Gasteiger partial charge in [0.25, 0.3) is 0 Å². The normalized spacial score (nSPS) is 10.6. The summed E-state index contributed by atoms with van der Waals surface area (Å²) in [5.74, 6) is 0.0972. The average molecular weight is 440 g/mol. The molecule has 0 fully saturated rings. The maximum Gasteiger partial charge on any atom is 0.307 e. The lowest BCUT2D eigenvalue weighted by Gasteiger charge is -2.15. The summed E-state index contributed by atoms with van der Waals surface area (Å²) in [6.07, 6.45) is -0.0109. The number of rotatable bonds is 9. The molecule has 0 aliphatic carbocycles. The Balaban J connectivity index is 1.62. The highest BCUT2D eigenvalue weighted by atomic mass is 16.5. The second-order valence-electron chi connectivity index (χ2n) is 7.77. The first-order chi connectivity index (χ1) is 16.1. The molecule has 0 saturated heterocycles. The number of ether oxygens (including phenoxy) is 2. The minimum atomic E-state index is -0.851. The van der Waals surface area contributed by atoms with Crippen molar-refractivity contribution < 1.29 is 19.4 Å². The first kappa shape index (κ1) is 22.1. The van der Waals surface area contributed by atoms with E-state index in [4.69, 9.17) is 14.6 Å². The Labute approximate surface area is 193 Å².